The van der Waals surface area contributed by atoms with Gasteiger partial charge in [-0.05, 0) is 26.2 Å². The third kappa shape index (κ3) is 4.73. The van der Waals surface area contributed by atoms with Crippen LogP contribution in [0.1, 0.15) is 39.5 Å². The summed E-state index contributed by atoms with van der Waals surface area (Å²) in [6.45, 7) is 4.47. The third-order valence-electron chi connectivity index (χ3n) is 3.04. The Morgan fingerprint density at radius 1 is 1.47 bits per heavy atom. The van der Waals surface area contributed by atoms with Crippen molar-refractivity contribution < 1.29 is 14.7 Å². The monoisotopic (exact) mass is 242 g/mol. The molecule has 0 bridgehead atoms. The van der Waals surface area contributed by atoms with Gasteiger partial charge in [0.2, 0.25) is 5.91 Å². The van der Waals surface area contributed by atoms with E-state index in [9.17, 15) is 9.59 Å². The fraction of sp³-hybridized carbons (Fsp3) is 0.833. The molecule has 0 aromatic carbocycles. The molecular formula is C12H22N2O3. The zero-order valence-corrected chi connectivity index (χ0v) is 10.6. The van der Waals surface area contributed by atoms with E-state index in [-0.39, 0.29) is 24.5 Å². The second kappa shape index (κ2) is 6.59. The maximum atomic E-state index is 11.8. The Morgan fingerprint density at radius 2 is 2.12 bits per heavy atom. The topological polar surface area (TPSA) is 69.6 Å². The van der Waals surface area contributed by atoms with Crippen LogP contribution >= 0.6 is 0 Å². The highest BCUT2D eigenvalue weighted by atomic mass is 16.4. The lowest BCUT2D eigenvalue weighted by Crippen LogP contribution is -2.48. The van der Waals surface area contributed by atoms with E-state index >= 15 is 0 Å². The van der Waals surface area contributed by atoms with Gasteiger partial charge in [0.25, 0.3) is 0 Å². The highest BCUT2D eigenvalue weighted by Crippen LogP contribution is 2.28. The van der Waals surface area contributed by atoms with E-state index in [1.807, 2.05) is 0 Å². The summed E-state index contributed by atoms with van der Waals surface area (Å²) in [5.41, 5.74) is 0. The van der Waals surface area contributed by atoms with Crippen LogP contribution in [0.3, 0.4) is 0 Å². The summed E-state index contributed by atoms with van der Waals surface area (Å²) < 4.78 is 0. The van der Waals surface area contributed by atoms with E-state index in [4.69, 9.17) is 5.11 Å². The van der Waals surface area contributed by atoms with Crippen LogP contribution in [-0.4, -0.2) is 47.1 Å². The fourth-order valence-electron chi connectivity index (χ4n) is 1.83. The number of carboxylic acid groups (broad SMARTS) is 1. The Balaban J connectivity index is 2.42. The van der Waals surface area contributed by atoms with Crippen molar-refractivity contribution >= 4 is 11.9 Å². The number of hydrogen-bond acceptors (Lipinski definition) is 3. The molecule has 5 nitrogen and oxygen atoms in total. The normalized spacial score (nSPS) is 16.9. The summed E-state index contributed by atoms with van der Waals surface area (Å²) in [5, 5.41) is 11.7. The molecule has 2 N–H and O–H groups in total. The van der Waals surface area contributed by atoms with E-state index in [1.54, 1.807) is 11.8 Å². The number of carbonyl (C=O) groups is 2. The van der Waals surface area contributed by atoms with Crippen LogP contribution in [0.5, 0.6) is 0 Å². The van der Waals surface area contributed by atoms with Crippen molar-refractivity contribution in [2.45, 2.75) is 51.6 Å². The fourth-order valence-corrected chi connectivity index (χ4v) is 1.83. The van der Waals surface area contributed by atoms with Crippen LogP contribution in [0.25, 0.3) is 0 Å². The van der Waals surface area contributed by atoms with Gasteiger partial charge < -0.3 is 10.4 Å². The molecule has 0 spiro atoms. The van der Waals surface area contributed by atoms with E-state index in [0.717, 1.165) is 25.7 Å². The first-order valence-corrected chi connectivity index (χ1v) is 6.31. The Bertz CT molecular complexity index is 277. The molecule has 0 saturated heterocycles. The van der Waals surface area contributed by atoms with Gasteiger partial charge in [-0.15, -0.1) is 0 Å². The molecule has 1 rings (SSSR count). The van der Waals surface area contributed by atoms with Gasteiger partial charge in [-0.1, -0.05) is 13.3 Å². The van der Waals surface area contributed by atoms with Crippen LogP contribution in [0, 0.1) is 0 Å². The highest BCUT2D eigenvalue weighted by Gasteiger charge is 2.35. The minimum absolute atomic E-state index is 0.0486. The number of unbranched alkanes of at least 4 members (excludes halogenated alkanes) is 1. The molecule has 1 fully saturated rings. The Morgan fingerprint density at radius 3 is 2.59 bits per heavy atom. The first kappa shape index (κ1) is 14.0. The Kier molecular flexibility index (Phi) is 5.41. The van der Waals surface area contributed by atoms with Gasteiger partial charge in [-0.3, -0.25) is 14.5 Å². The third-order valence-corrected chi connectivity index (χ3v) is 3.04. The summed E-state index contributed by atoms with van der Waals surface area (Å²) in [6.07, 6.45) is 4.00. The minimum atomic E-state index is -0.870. The second-order valence-corrected chi connectivity index (χ2v) is 4.62. The molecule has 0 aromatic rings. The Labute approximate surface area is 102 Å². The smallest absolute Gasteiger partial charge is 0.317 e. The number of amides is 1. The molecule has 0 aromatic heterocycles. The molecule has 1 unspecified atom stereocenters. The first-order valence-electron chi connectivity index (χ1n) is 6.31. The summed E-state index contributed by atoms with van der Waals surface area (Å²) in [6, 6.07) is -0.0755. The average Bonchev–Trinajstić information content (AvgIpc) is 3.08. The first-order chi connectivity index (χ1) is 8.06. The molecule has 0 radical (unpaired) electrons. The summed E-state index contributed by atoms with van der Waals surface area (Å²) >= 11 is 0. The minimum Gasteiger partial charge on any atom is -0.480 e. The van der Waals surface area contributed by atoms with Crippen molar-refractivity contribution in [1.29, 1.82) is 0 Å². The van der Waals surface area contributed by atoms with Gasteiger partial charge in [0.15, 0.2) is 0 Å². The van der Waals surface area contributed by atoms with Crippen molar-refractivity contribution in [2.75, 3.05) is 13.1 Å². The molecule has 0 aliphatic heterocycles. The molecule has 1 atom stereocenters. The number of aliphatic carboxylic acids is 1. The number of nitrogens with zero attached hydrogens (tertiary/aromatic N) is 1. The van der Waals surface area contributed by atoms with Crippen LogP contribution in [0.2, 0.25) is 0 Å². The van der Waals surface area contributed by atoms with Crippen molar-refractivity contribution in [3.8, 4) is 0 Å². The van der Waals surface area contributed by atoms with Crippen LogP contribution in [0.4, 0.5) is 0 Å². The number of rotatable bonds is 8. The summed E-state index contributed by atoms with van der Waals surface area (Å²) in [4.78, 5) is 24.4. The maximum Gasteiger partial charge on any atom is 0.317 e. The zero-order valence-electron chi connectivity index (χ0n) is 10.6. The highest BCUT2D eigenvalue weighted by molar-refractivity contribution is 5.82. The number of carbonyl (C=O) groups excluding carboxylic acids is 1. The SMILES string of the molecule is CCCCNC(=O)C(C)N(CC(=O)O)C1CC1. The van der Waals surface area contributed by atoms with Gasteiger partial charge in [0.05, 0.1) is 12.6 Å². The molecular weight excluding hydrogens is 220 g/mol. The van der Waals surface area contributed by atoms with Gasteiger partial charge in [0, 0.05) is 12.6 Å². The van der Waals surface area contributed by atoms with Crippen LogP contribution in [-0.2, 0) is 9.59 Å². The van der Waals surface area contributed by atoms with E-state index < -0.39 is 5.97 Å². The van der Waals surface area contributed by atoms with Crippen molar-refractivity contribution in [3.05, 3.63) is 0 Å². The Hall–Kier alpha value is -1.10. The molecule has 1 saturated carbocycles. The summed E-state index contributed by atoms with van der Waals surface area (Å²) in [7, 11) is 0. The summed E-state index contributed by atoms with van der Waals surface area (Å²) in [5.74, 6) is -0.934. The molecule has 5 heteroatoms. The lowest BCUT2D eigenvalue weighted by molar-refractivity contribution is -0.140. The van der Waals surface area contributed by atoms with Gasteiger partial charge in [-0.2, -0.15) is 0 Å². The van der Waals surface area contributed by atoms with Crippen molar-refractivity contribution in [2.24, 2.45) is 0 Å². The molecule has 98 valence electrons. The van der Waals surface area contributed by atoms with E-state index in [0.29, 0.717) is 6.54 Å². The average molecular weight is 242 g/mol. The van der Waals surface area contributed by atoms with Crippen LogP contribution in [0.15, 0.2) is 0 Å². The standard InChI is InChI=1S/C12H22N2O3/c1-3-4-7-13-12(17)9(2)14(8-11(15)16)10-5-6-10/h9-10H,3-8H2,1-2H3,(H,13,17)(H,15,16). The lowest BCUT2D eigenvalue weighted by Gasteiger charge is -2.26. The zero-order chi connectivity index (χ0) is 12.8. The van der Waals surface area contributed by atoms with Gasteiger partial charge >= 0.3 is 5.97 Å². The maximum absolute atomic E-state index is 11.8. The number of carboxylic acids is 1. The second-order valence-electron chi connectivity index (χ2n) is 4.62. The number of nitrogens with one attached hydrogen (secondary N) is 1. The van der Waals surface area contributed by atoms with Gasteiger partial charge in [-0.25, -0.2) is 0 Å². The predicted octanol–water partition coefficient (Wildman–Crippen LogP) is 0.840. The molecule has 1 aliphatic carbocycles. The molecule has 1 aliphatic rings. The predicted molar refractivity (Wildman–Crippen MR) is 64.7 cm³/mol. The van der Waals surface area contributed by atoms with Crippen molar-refractivity contribution in [3.63, 3.8) is 0 Å². The van der Waals surface area contributed by atoms with E-state index in [1.165, 1.54) is 0 Å². The van der Waals surface area contributed by atoms with E-state index in [2.05, 4.69) is 12.2 Å². The van der Waals surface area contributed by atoms with Crippen LogP contribution < -0.4 is 5.32 Å². The number of hydrogen-bond donors (Lipinski definition) is 2. The largest absolute Gasteiger partial charge is 0.480 e. The molecule has 0 heterocycles. The quantitative estimate of drug-likeness (QED) is 0.619. The van der Waals surface area contributed by atoms with Gasteiger partial charge in [0.1, 0.15) is 0 Å². The lowest BCUT2D eigenvalue weighted by atomic mass is 10.2. The van der Waals surface area contributed by atoms with Crippen molar-refractivity contribution in [1.82, 2.24) is 10.2 Å². The molecule has 1 amide bonds. The molecule has 17 heavy (non-hydrogen) atoms.